The third-order valence-corrected chi connectivity index (χ3v) is 5.34. The molecule has 2 aliphatic carbocycles. The van der Waals surface area contributed by atoms with E-state index in [9.17, 15) is 9.59 Å². The van der Waals surface area contributed by atoms with Crippen LogP contribution in [0.4, 0.5) is 0 Å². The van der Waals surface area contributed by atoms with E-state index in [1.54, 1.807) is 0 Å². The van der Waals surface area contributed by atoms with Crippen LogP contribution in [0.5, 0.6) is 0 Å². The van der Waals surface area contributed by atoms with Gasteiger partial charge in [-0.3, -0.25) is 9.59 Å². The summed E-state index contributed by atoms with van der Waals surface area (Å²) >= 11 is 0. The molecule has 2 aromatic rings. The Balaban J connectivity index is 0.000000151. The number of carboxylic acids is 2. The van der Waals surface area contributed by atoms with Gasteiger partial charge in [0.15, 0.2) is 0 Å². The summed E-state index contributed by atoms with van der Waals surface area (Å²) in [4.78, 5) is 21.8. The van der Waals surface area contributed by atoms with E-state index in [0.29, 0.717) is 0 Å². The molecule has 0 saturated carbocycles. The van der Waals surface area contributed by atoms with Crippen LogP contribution < -0.4 is 0 Å². The number of hydrogen-bond acceptors (Lipinski definition) is 2. The van der Waals surface area contributed by atoms with Crippen molar-refractivity contribution < 1.29 is 19.8 Å². The van der Waals surface area contributed by atoms with Crippen LogP contribution in [-0.4, -0.2) is 22.2 Å². The summed E-state index contributed by atoms with van der Waals surface area (Å²) < 4.78 is 0. The van der Waals surface area contributed by atoms with Crippen molar-refractivity contribution in [2.75, 3.05) is 0 Å². The minimum absolute atomic E-state index is 0.273. The van der Waals surface area contributed by atoms with Crippen molar-refractivity contribution in [3.8, 4) is 0 Å². The monoisotopic (exact) mass is 352 g/mol. The molecule has 136 valence electrons. The molecule has 0 radical (unpaired) electrons. The molecule has 2 atom stereocenters. The van der Waals surface area contributed by atoms with Gasteiger partial charge in [0.25, 0.3) is 0 Å². The first kappa shape index (κ1) is 18.2. The maximum atomic E-state index is 10.9. The Labute approximate surface area is 153 Å². The van der Waals surface area contributed by atoms with Crippen LogP contribution in [0.2, 0.25) is 0 Å². The molecule has 26 heavy (non-hydrogen) atoms. The van der Waals surface area contributed by atoms with Gasteiger partial charge in [-0.1, -0.05) is 48.5 Å². The van der Waals surface area contributed by atoms with Crippen LogP contribution in [0.1, 0.15) is 59.8 Å². The summed E-state index contributed by atoms with van der Waals surface area (Å²) in [5.74, 6) is -1.92. The number of carboxylic acid groups (broad SMARTS) is 2. The van der Waals surface area contributed by atoms with Gasteiger partial charge in [-0.25, -0.2) is 0 Å². The Hall–Kier alpha value is -2.62. The van der Waals surface area contributed by atoms with Crippen molar-refractivity contribution in [2.24, 2.45) is 0 Å². The number of aliphatic carboxylic acids is 2. The highest BCUT2D eigenvalue weighted by Crippen LogP contribution is 2.32. The second-order valence-electron chi connectivity index (χ2n) is 6.96. The lowest BCUT2D eigenvalue weighted by molar-refractivity contribution is -0.140. The Morgan fingerprint density at radius 2 is 1.08 bits per heavy atom. The molecule has 2 N–H and O–H groups in total. The van der Waals surface area contributed by atoms with Crippen molar-refractivity contribution in [1.82, 2.24) is 0 Å². The van der Waals surface area contributed by atoms with Gasteiger partial charge in [-0.05, 0) is 60.8 Å². The highest BCUT2D eigenvalue weighted by atomic mass is 16.4. The van der Waals surface area contributed by atoms with Crippen molar-refractivity contribution in [1.29, 1.82) is 0 Å². The summed E-state index contributed by atoms with van der Waals surface area (Å²) in [6.45, 7) is 0. The molecule has 2 unspecified atom stereocenters. The smallest absolute Gasteiger partial charge is 0.310 e. The van der Waals surface area contributed by atoms with Crippen LogP contribution in [0.25, 0.3) is 0 Å². The normalized spacial score (nSPS) is 20.8. The molecule has 2 aromatic carbocycles. The fourth-order valence-electron chi connectivity index (χ4n) is 4.02. The maximum Gasteiger partial charge on any atom is 0.310 e. The maximum absolute atomic E-state index is 10.9. The van der Waals surface area contributed by atoms with E-state index >= 15 is 0 Å². The van der Waals surface area contributed by atoms with E-state index in [4.69, 9.17) is 10.2 Å². The zero-order valence-corrected chi connectivity index (χ0v) is 14.7. The lowest BCUT2D eigenvalue weighted by Gasteiger charge is -2.21. The van der Waals surface area contributed by atoms with Crippen molar-refractivity contribution in [3.63, 3.8) is 0 Å². The highest BCUT2D eigenvalue weighted by molar-refractivity contribution is 5.77. The predicted octanol–water partition coefficient (Wildman–Crippen LogP) is 4.38. The van der Waals surface area contributed by atoms with E-state index in [0.717, 1.165) is 49.7 Å². The second-order valence-corrected chi connectivity index (χ2v) is 6.96. The third-order valence-electron chi connectivity index (χ3n) is 5.34. The summed E-state index contributed by atoms with van der Waals surface area (Å²) in [5, 5.41) is 18.0. The van der Waals surface area contributed by atoms with E-state index in [2.05, 4.69) is 0 Å². The van der Waals surface area contributed by atoms with Crippen LogP contribution in [0, 0.1) is 0 Å². The second kappa shape index (κ2) is 8.17. The number of benzene rings is 2. The van der Waals surface area contributed by atoms with Gasteiger partial charge in [0.2, 0.25) is 0 Å². The summed E-state index contributed by atoms with van der Waals surface area (Å²) in [5.41, 5.74) is 4.45. The van der Waals surface area contributed by atoms with Crippen LogP contribution in [0.3, 0.4) is 0 Å². The molecule has 4 heteroatoms. The molecule has 0 saturated heterocycles. The van der Waals surface area contributed by atoms with Gasteiger partial charge in [-0.2, -0.15) is 0 Å². The Morgan fingerprint density at radius 3 is 1.46 bits per heavy atom. The first-order valence-corrected chi connectivity index (χ1v) is 9.19. The highest BCUT2D eigenvalue weighted by Gasteiger charge is 2.26. The number of fused-ring (bicyclic) bond motifs is 2. The molecule has 4 nitrogen and oxygen atoms in total. The van der Waals surface area contributed by atoms with Crippen LogP contribution in [0.15, 0.2) is 48.5 Å². The average molecular weight is 352 g/mol. The minimum Gasteiger partial charge on any atom is -0.481 e. The predicted molar refractivity (Wildman–Crippen MR) is 99.5 cm³/mol. The van der Waals surface area contributed by atoms with Gasteiger partial charge in [-0.15, -0.1) is 0 Å². The van der Waals surface area contributed by atoms with E-state index in [-0.39, 0.29) is 11.8 Å². The molecule has 0 spiro atoms. The van der Waals surface area contributed by atoms with E-state index in [1.807, 2.05) is 48.5 Å². The minimum atomic E-state index is -0.688. The lowest BCUT2D eigenvalue weighted by Crippen LogP contribution is -2.17. The summed E-state index contributed by atoms with van der Waals surface area (Å²) in [6, 6.07) is 15.7. The fourth-order valence-corrected chi connectivity index (χ4v) is 4.02. The summed E-state index contributed by atoms with van der Waals surface area (Å²) in [6.07, 6.45) is 5.61. The zero-order valence-electron chi connectivity index (χ0n) is 14.7. The fraction of sp³-hybridized carbons (Fsp3) is 0.364. The largest absolute Gasteiger partial charge is 0.481 e. The molecular weight excluding hydrogens is 328 g/mol. The van der Waals surface area contributed by atoms with Gasteiger partial charge < -0.3 is 10.2 Å². The SMILES string of the molecule is O=C(O)C1CCCc2ccccc21.O=C(O)C1CCCc2ccccc21. The van der Waals surface area contributed by atoms with Crippen molar-refractivity contribution in [2.45, 2.75) is 50.4 Å². The quantitative estimate of drug-likeness (QED) is 0.841. The Kier molecular flexibility index (Phi) is 5.71. The molecule has 0 amide bonds. The third kappa shape index (κ3) is 3.96. The standard InChI is InChI=1S/2C11H12O2/c2*12-11(13)10-7-3-5-8-4-1-2-6-9(8)10/h2*1-2,4,6,10H,3,5,7H2,(H,12,13). The topological polar surface area (TPSA) is 74.6 Å². The molecule has 4 rings (SSSR count). The lowest BCUT2D eigenvalue weighted by atomic mass is 9.83. The molecule has 0 heterocycles. The number of hydrogen-bond donors (Lipinski definition) is 2. The molecule has 0 aromatic heterocycles. The molecular formula is C22H24O4. The van der Waals surface area contributed by atoms with Gasteiger partial charge in [0.05, 0.1) is 11.8 Å². The molecule has 2 aliphatic rings. The van der Waals surface area contributed by atoms with Gasteiger partial charge >= 0.3 is 11.9 Å². The Bertz CT molecular complexity index is 729. The van der Waals surface area contributed by atoms with Gasteiger partial charge in [0.1, 0.15) is 0 Å². The van der Waals surface area contributed by atoms with Crippen molar-refractivity contribution in [3.05, 3.63) is 70.8 Å². The number of aryl methyl sites for hydroxylation is 2. The van der Waals surface area contributed by atoms with Crippen LogP contribution in [-0.2, 0) is 22.4 Å². The summed E-state index contributed by atoms with van der Waals surface area (Å²) in [7, 11) is 0. The first-order chi connectivity index (χ1) is 12.6. The Morgan fingerprint density at radius 1 is 0.692 bits per heavy atom. The number of rotatable bonds is 2. The van der Waals surface area contributed by atoms with E-state index in [1.165, 1.54) is 11.1 Å². The first-order valence-electron chi connectivity index (χ1n) is 9.19. The molecule has 0 bridgehead atoms. The molecule has 0 aliphatic heterocycles. The van der Waals surface area contributed by atoms with Crippen LogP contribution >= 0.6 is 0 Å². The van der Waals surface area contributed by atoms with E-state index < -0.39 is 11.9 Å². The zero-order chi connectivity index (χ0) is 18.5. The number of carbonyl (C=O) groups is 2. The van der Waals surface area contributed by atoms with Gasteiger partial charge in [0, 0.05) is 0 Å². The average Bonchev–Trinajstić information content (AvgIpc) is 2.67. The van der Waals surface area contributed by atoms with Crippen molar-refractivity contribution >= 4 is 11.9 Å². The molecule has 0 fully saturated rings.